The number of hydrogen-bond acceptors (Lipinski definition) is 2. The molecule has 0 saturated heterocycles. The van der Waals surface area contributed by atoms with Crippen molar-refractivity contribution in [1.29, 1.82) is 0 Å². The molecule has 1 heterocycles. The minimum absolute atomic E-state index is 0.486. The van der Waals surface area contributed by atoms with Crippen LogP contribution < -0.4 is 0 Å². The lowest BCUT2D eigenvalue weighted by molar-refractivity contribution is 0.100. The predicted molar refractivity (Wildman–Crippen MR) is 42.5 cm³/mol. The Balaban J connectivity index is 2.93. The van der Waals surface area contributed by atoms with Gasteiger partial charge in [0.2, 0.25) is 0 Å². The van der Waals surface area contributed by atoms with Crippen molar-refractivity contribution in [3.63, 3.8) is 0 Å². The summed E-state index contributed by atoms with van der Waals surface area (Å²) in [6.45, 7) is 1.89. The van der Waals surface area contributed by atoms with E-state index in [-0.39, 0.29) is 0 Å². The van der Waals surface area contributed by atoms with Crippen LogP contribution in [0.5, 0.6) is 0 Å². The zero-order valence-corrected chi connectivity index (χ0v) is 6.63. The van der Waals surface area contributed by atoms with Gasteiger partial charge in [-0.2, -0.15) is 0 Å². The topological polar surface area (TPSA) is 65.8 Å². The molecule has 0 atom stereocenters. The molecule has 5 heteroatoms. The van der Waals surface area contributed by atoms with Crippen molar-refractivity contribution in [2.45, 2.75) is 6.92 Å². The van der Waals surface area contributed by atoms with E-state index in [0.717, 1.165) is 4.88 Å². The average Bonchev–Trinajstić information content (AvgIpc) is 2.36. The highest BCUT2D eigenvalue weighted by Gasteiger charge is 2.03. The van der Waals surface area contributed by atoms with E-state index in [2.05, 4.69) is 10.0 Å². The van der Waals surface area contributed by atoms with E-state index in [1.807, 2.05) is 13.0 Å². The van der Waals surface area contributed by atoms with Gasteiger partial charge >= 0.3 is 0 Å². The Bertz CT molecular complexity index is 324. The maximum absolute atomic E-state index is 10.8. The third-order valence-electron chi connectivity index (χ3n) is 1.09. The zero-order valence-electron chi connectivity index (χ0n) is 5.81. The molecular weight excluding hydrogens is 162 g/mol. The lowest BCUT2D eigenvalue weighted by atomic mass is 10.4. The van der Waals surface area contributed by atoms with E-state index in [1.54, 1.807) is 6.07 Å². The Hall–Kier alpha value is -1.32. The van der Waals surface area contributed by atoms with E-state index in [9.17, 15) is 4.79 Å². The molecule has 1 aromatic rings. The SMILES string of the molecule is Cc1ccc(C(=O)N=[N+]=[N-])s1. The maximum atomic E-state index is 10.8. The quantitative estimate of drug-likeness (QED) is 0.360. The summed E-state index contributed by atoms with van der Waals surface area (Å²) in [6, 6.07) is 3.46. The summed E-state index contributed by atoms with van der Waals surface area (Å²) in [6.07, 6.45) is 0. The predicted octanol–water partition coefficient (Wildman–Crippen LogP) is 2.51. The highest BCUT2D eigenvalue weighted by Crippen LogP contribution is 2.15. The van der Waals surface area contributed by atoms with Crippen LogP contribution in [-0.4, -0.2) is 5.91 Å². The number of hydrogen-bond donors (Lipinski definition) is 0. The number of thiophene rings is 1. The third-order valence-corrected chi connectivity index (χ3v) is 2.08. The fraction of sp³-hybridized carbons (Fsp3) is 0.167. The number of amides is 1. The first-order chi connectivity index (χ1) is 5.24. The highest BCUT2D eigenvalue weighted by molar-refractivity contribution is 7.13. The first kappa shape index (κ1) is 7.78. The summed E-state index contributed by atoms with van der Waals surface area (Å²) in [5, 5.41) is 2.96. The largest absolute Gasteiger partial charge is 0.286 e. The Kier molecular flexibility index (Phi) is 2.25. The number of nitrogens with zero attached hydrogens (tertiary/aromatic N) is 3. The molecule has 0 bridgehead atoms. The molecule has 56 valence electrons. The van der Waals surface area contributed by atoms with Gasteiger partial charge in [-0.15, -0.1) is 11.3 Å². The fourth-order valence-corrected chi connectivity index (χ4v) is 1.39. The molecule has 1 amide bonds. The molecule has 1 aromatic heterocycles. The van der Waals surface area contributed by atoms with E-state index in [4.69, 9.17) is 5.53 Å². The van der Waals surface area contributed by atoms with Gasteiger partial charge < -0.3 is 0 Å². The van der Waals surface area contributed by atoms with Crippen LogP contribution in [0, 0.1) is 6.92 Å². The average molecular weight is 167 g/mol. The molecule has 0 aliphatic carbocycles. The van der Waals surface area contributed by atoms with Crippen LogP contribution in [0.1, 0.15) is 14.5 Å². The second-order valence-corrected chi connectivity index (χ2v) is 3.19. The minimum Gasteiger partial charge on any atom is -0.286 e. The van der Waals surface area contributed by atoms with Crippen LogP contribution in [0.4, 0.5) is 0 Å². The highest BCUT2D eigenvalue weighted by atomic mass is 32.1. The molecule has 0 aliphatic heterocycles. The van der Waals surface area contributed by atoms with Crippen LogP contribution in [0.15, 0.2) is 17.2 Å². The van der Waals surface area contributed by atoms with Gasteiger partial charge in [0, 0.05) is 9.79 Å². The van der Waals surface area contributed by atoms with Gasteiger partial charge in [-0.25, -0.2) is 0 Å². The van der Waals surface area contributed by atoms with E-state index < -0.39 is 5.91 Å². The molecule has 1 rings (SSSR count). The second kappa shape index (κ2) is 3.18. The molecule has 0 unspecified atom stereocenters. The third kappa shape index (κ3) is 1.80. The molecule has 11 heavy (non-hydrogen) atoms. The molecule has 4 nitrogen and oxygen atoms in total. The summed E-state index contributed by atoms with van der Waals surface area (Å²) in [5.41, 5.74) is 7.95. The fourth-order valence-electron chi connectivity index (χ4n) is 0.639. The van der Waals surface area contributed by atoms with E-state index >= 15 is 0 Å². The van der Waals surface area contributed by atoms with Crippen molar-refractivity contribution in [3.8, 4) is 0 Å². The zero-order chi connectivity index (χ0) is 8.27. The Morgan fingerprint density at radius 2 is 2.45 bits per heavy atom. The van der Waals surface area contributed by atoms with Crippen molar-refractivity contribution >= 4 is 17.2 Å². The smallest absolute Gasteiger partial charge is 0.259 e. The van der Waals surface area contributed by atoms with E-state index in [1.165, 1.54) is 11.3 Å². The van der Waals surface area contributed by atoms with Crippen LogP contribution >= 0.6 is 11.3 Å². The second-order valence-electron chi connectivity index (χ2n) is 1.90. The molecule has 0 N–H and O–H groups in total. The van der Waals surface area contributed by atoms with Crippen molar-refractivity contribution in [3.05, 3.63) is 32.3 Å². The Morgan fingerprint density at radius 3 is 2.91 bits per heavy atom. The number of azide groups is 1. The van der Waals surface area contributed by atoms with Gasteiger partial charge in [0.05, 0.1) is 4.88 Å². The normalized spacial score (nSPS) is 8.82. The standard InChI is InChI=1S/C6H5N3OS/c1-4-2-3-5(11-4)6(10)8-9-7/h2-3H,1H3. The van der Waals surface area contributed by atoms with Gasteiger partial charge in [-0.05, 0) is 29.7 Å². The molecule has 0 saturated carbocycles. The monoisotopic (exact) mass is 167 g/mol. The molecular formula is C6H5N3OS. The number of aryl methyl sites for hydroxylation is 1. The number of carbonyl (C=O) groups excluding carboxylic acids is 1. The van der Waals surface area contributed by atoms with Crippen LogP contribution in [-0.2, 0) is 0 Å². The van der Waals surface area contributed by atoms with Gasteiger partial charge in [0.25, 0.3) is 5.91 Å². The Labute approximate surface area is 67.1 Å². The summed E-state index contributed by atoms with van der Waals surface area (Å²) >= 11 is 1.32. The van der Waals surface area contributed by atoms with Crippen molar-refractivity contribution in [2.75, 3.05) is 0 Å². The van der Waals surface area contributed by atoms with Gasteiger partial charge in [-0.1, -0.05) is 0 Å². The number of carbonyl (C=O) groups is 1. The minimum atomic E-state index is -0.509. The number of rotatable bonds is 1. The molecule has 0 radical (unpaired) electrons. The molecule has 0 aromatic carbocycles. The molecule has 0 spiro atoms. The molecule has 0 fully saturated rings. The lowest BCUT2D eigenvalue weighted by Crippen LogP contribution is -1.86. The summed E-state index contributed by atoms with van der Waals surface area (Å²) in [4.78, 5) is 14.8. The van der Waals surface area contributed by atoms with Crippen molar-refractivity contribution in [1.82, 2.24) is 0 Å². The first-order valence-corrected chi connectivity index (χ1v) is 3.71. The summed E-state index contributed by atoms with van der Waals surface area (Å²) < 4.78 is 0. The summed E-state index contributed by atoms with van der Waals surface area (Å²) in [5.74, 6) is -0.509. The maximum Gasteiger partial charge on any atom is 0.259 e. The summed E-state index contributed by atoms with van der Waals surface area (Å²) in [7, 11) is 0. The van der Waals surface area contributed by atoms with Crippen molar-refractivity contribution in [2.24, 2.45) is 5.11 Å². The van der Waals surface area contributed by atoms with E-state index in [0.29, 0.717) is 4.88 Å². The van der Waals surface area contributed by atoms with Crippen LogP contribution in [0.3, 0.4) is 0 Å². The van der Waals surface area contributed by atoms with Crippen LogP contribution in [0.25, 0.3) is 10.4 Å². The van der Waals surface area contributed by atoms with Crippen LogP contribution in [0.2, 0.25) is 0 Å². The van der Waals surface area contributed by atoms with Gasteiger partial charge in [0.15, 0.2) is 0 Å². The lowest BCUT2D eigenvalue weighted by Gasteiger charge is -1.81. The first-order valence-electron chi connectivity index (χ1n) is 2.90. The van der Waals surface area contributed by atoms with Crippen molar-refractivity contribution < 1.29 is 4.79 Å². The molecule has 0 aliphatic rings. The van der Waals surface area contributed by atoms with Gasteiger partial charge in [0.1, 0.15) is 0 Å². The van der Waals surface area contributed by atoms with Gasteiger partial charge in [-0.3, -0.25) is 4.79 Å². The Morgan fingerprint density at radius 1 is 1.73 bits per heavy atom.